The maximum atomic E-state index is 11.7. The highest BCUT2D eigenvalue weighted by atomic mass is 16.2. The second-order valence-electron chi connectivity index (χ2n) is 15.4. The number of nitrogens with one attached hydrogen (secondary N) is 2. The van der Waals surface area contributed by atoms with Gasteiger partial charge in [-0.15, -0.1) is 0 Å². The Bertz CT molecular complexity index is 1900. The molecule has 0 unspecified atom stereocenters. The molecule has 2 N–H and O–H groups in total. The molecule has 4 rings (SSSR count). The van der Waals surface area contributed by atoms with Crippen molar-refractivity contribution in [3.05, 3.63) is 168 Å². The smallest absolute Gasteiger partial charge is 0.246 e. The zero-order valence-corrected chi connectivity index (χ0v) is 37.4. The average Bonchev–Trinajstić information content (AvgIpc) is 3.24. The van der Waals surface area contributed by atoms with Crippen molar-refractivity contribution in [2.24, 2.45) is 11.8 Å². The normalized spacial score (nSPS) is 10.9. The van der Waals surface area contributed by atoms with Crippen LogP contribution in [0.15, 0.2) is 146 Å². The lowest BCUT2D eigenvalue weighted by Gasteiger charge is -2.19. The number of hydrogen-bond donors (Lipinski definition) is 2. The van der Waals surface area contributed by atoms with Crippen LogP contribution in [0.5, 0.6) is 0 Å². The van der Waals surface area contributed by atoms with Gasteiger partial charge in [0.1, 0.15) is 0 Å². The van der Waals surface area contributed by atoms with Crippen LogP contribution >= 0.6 is 0 Å². The minimum atomic E-state index is -0.0520. The molecule has 0 aromatic heterocycles. The predicted octanol–water partition coefficient (Wildman–Crippen LogP) is 10.1. The average molecular weight is 813 g/mol. The lowest BCUT2D eigenvalue weighted by molar-refractivity contribution is -0.126. The van der Waals surface area contributed by atoms with E-state index in [0.717, 1.165) is 35.3 Å². The van der Waals surface area contributed by atoms with Crippen LogP contribution in [-0.2, 0) is 19.2 Å². The lowest BCUT2D eigenvalue weighted by Crippen LogP contribution is -2.31. The standard InChI is InChI=1S/C14H19NO.2C13H17NO.C12H15NO/c1-12(2)11-15(3)14(16)10-9-13-7-5-4-6-8-13;1-11(2)14(3)13(15)10-9-12-7-5-4-6-8-12;1-11(2)10-14-13(15)9-8-12-6-4-3-5-7-12;1-10(2)13-12(14)9-8-11-6-4-3-5-7-11/h4-10,12H,11H2,1-3H3;4-11H,1-3H3;3-9,11H,10H2,1-2H3,(H,14,15);3-10H,1-2H3,(H,13,14)/b2*10-9+;2*9-8+. The SMILES string of the molecule is CC(C)CN(C)C(=O)/C=C/c1ccccc1.CC(C)CNC(=O)/C=C/c1ccccc1.CC(C)N(C)C(=O)/C=C/c1ccccc1.CC(C)NC(=O)/C=C/c1ccccc1. The van der Waals surface area contributed by atoms with Crippen LogP contribution in [0.1, 0.15) is 77.6 Å². The Morgan fingerprint density at radius 1 is 0.483 bits per heavy atom. The van der Waals surface area contributed by atoms with E-state index in [1.807, 2.05) is 181 Å². The first-order valence-corrected chi connectivity index (χ1v) is 20.6. The number of benzene rings is 4. The topological polar surface area (TPSA) is 98.8 Å². The second kappa shape index (κ2) is 30.8. The van der Waals surface area contributed by atoms with Gasteiger partial charge in [-0.1, -0.05) is 149 Å². The number of amides is 4. The Balaban J connectivity index is 0.000000400. The van der Waals surface area contributed by atoms with Crippen molar-refractivity contribution >= 4 is 47.9 Å². The van der Waals surface area contributed by atoms with Gasteiger partial charge in [-0.3, -0.25) is 19.2 Å². The van der Waals surface area contributed by atoms with Gasteiger partial charge >= 0.3 is 0 Å². The Hall–Kier alpha value is -6.28. The minimum Gasteiger partial charge on any atom is -0.352 e. The van der Waals surface area contributed by atoms with Crippen LogP contribution < -0.4 is 10.6 Å². The van der Waals surface area contributed by atoms with Gasteiger partial charge in [0.15, 0.2) is 0 Å². The summed E-state index contributed by atoms with van der Waals surface area (Å²) in [5, 5.41) is 5.61. The number of hydrogen-bond acceptors (Lipinski definition) is 4. The van der Waals surface area contributed by atoms with Crippen molar-refractivity contribution in [1.82, 2.24) is 20.4 Å². The number of carbonyl (C=O) groups excluding carboxylic acids is 4. The molecule has 0 bridgehead atoms. The van der Waals surface area contributed by atoms with Gasteiger partial charge in [-0.2, -0.15) is 0 Å². The van der Waals surface area contributed by atoms with E-state index >= 15 is 0 Å². The minimum absolute atomic E-state index is 0.0347. The number of nitrogens with zero attached hydrogens (tertiary/aromatic N) is 2. The van der Waals surface area contributed by atoms with Crippen molar-refractivity contribution in [1.29, 1.82) is 0 Å². The molecule has 0 saturated heterocycles. The fraction of sp³-hybridized carbons (Fsp3) is 0.308. The summed E-state index contributed by atoms with van der Waals surface area (Å²) in [6.07, 6.45) is 13.6. The molecular weight excluding hydrogens is 745 g/mol. The first-order valence-electron chi connectivity index (χ1n) is 20.6. The van der Waals surface area contributed by atoms with Crippen LogP contribution in [0.25, 0.3) is 24.3 Å². The largest absolute Gasteiger partial charge is 0.352 e. The summed E-state index contributed by atoms with van der Waals surface area (Å²) in [6, 6.07) is 39.6. The zero-order chi connectivity index (χ0) is 44.7. The molecular formula is C52H68N4O4. The van der Waals surface area contributed by atoms with E-state index in [9.17, 15) is 19.2 Å². The fourth-order valence-electron chi connectivity index (χ4n) is 4.77. The summed E-state index contributed by atoms with van der Waals surface area (Å²) >= 11 is 0. The van der Waals surface area contributed by atoms with Crippen LogP contribution in [-0.4, -0.2) is 72.7 Å². The molecule has 0 fully saturated rings. The highest BCUT2D eigenvalue weighted by molar-refractivity contribution is 5.93. The molecule has 0 spiro atoms. The van der Waals surface area contributed by atoms with E-state index in [1.165, 1.54) is 0 Å². The molecule has 320 valence electrons. The van der Waals surface area contributed by atoms with Gasteiger partial charge in [0.25, 0.3) is 0 Å². The van der Waals surface area contributed by atoms with E-state index in [0.29, 0.717) is 11.8 Å². The Morgan fingerprint density at radius 2 is 0.833 bits per heavy atom. The Labute approximate surface area is 360 Å². The molecule has 0 aliphatic heterocycles. The maximum absolute atomic E-state index is 11.7. The lowest BCUT2D eigenvalue weighted by atomic mass is 10.2. The predicted molar refractivity (Wildman–Crippen MR) is 253 cm³/mol. The highest BCUT2D eigenvalue weighted by Gasteiger charge is 2.08. The highest BCUT2D eigenvalue weighted by Crippen LogP contribution is 2.05. The monoisotopic (exact) mass is 813 g/mol. The maximum Gasteiger partial charge on any atom is 0.246 e. The molecule has 0 atom stereocenters. The molecule has 60 heavy (non-hydrogen) atoms. The number of carbonyl (C=O) groups is 4. The quantitative estimate of drug-likeness (QED) is 0.124. The third-order valence-corrected chi connectivity index (χ3v) is 8.14. The third kappa shape index (κ3) is 26.6. The van der Waals surface area contributed by atoms with Crippen molar-refractivity contribution in [3.8, 4) is 0 Å². The molecule has 0 aliphatic rings. The second-order valence-corrected chi connectivity index (χ2v) is 15.4. The van der Waals surface area contributed by atoms with Gasteiger partial charge in [0, 0.05) is 63.6 Å². The van der Waals surface area contributed by atoms with Crippen molar-refractivity contribution in [3.63, 3.8) is 0 Å². The summed E-state index contributed by atoms with van der Waals surface area (Å²) in [4.78, 5) is 49.3. The van der Waals surface area contributed by atoms with E-state index < -0.39 is 0 Å². The molecule has 0 aliphatic carbocycles. The molecule has 0 radical (unpaired) electrons. The summed E-state index contributed by atoms with van der Waals surface area (Å²) in [5.74, 6) is 0.987. The fourth-order valence-corrected chi connectivity index (χ4v) is 4.77. The summed E-state index contributed by atoms with van der Waals surface area (Å²) in [5.41, 5.74) is 4.17. The van der Waals surface area contributed by atoms with E-state index in [4.69, 9.17) is 0 Å². The molecule has 4 aromatic rings. The van der Waals surface area contributed by atoms with Gasteiger partial charge in [0.2, 0.25) is 23.6 Å². The van der Waals surface area contributed by atoms with E-state index in [2.05, 4.69) is 38.3 Å². The summed E-state index contributed by atoms with van der Waals surface area (Å²) < 4.78 is 0. The van der Waals surface area contributed by atoms with Gasteiger partial charge < -0.3 is 20.4 Å². The number of likely N-dealkylation sites (N-methyl/N-ethyl adjacent to an activating group) is 2. The molecule has 8 nitrogen and oxygen atoms in total. The third-order valence-electron chi connectivity index (χ3n) is 8.14. The van der Waals surface area contributed by atoms with Crippen molar-refractivity contribution in [2.75, 3.05) is 27.2 Å². The molecule has 8 heteroatoms. The molecule has 0 heterocycles. The number of rotatable bonds is 14. The molecule has 4 amide bonds. The zero-order valence-electron chi connectivity index (χ0n) is 37.4. The first kappa shape index (κ1) is 51.7. The summed E-state index contributed by atoms with van der Waals surface area (Å²) in [6.45, 7) is 17.7. The Kier molecular flexibility index (Phi) is 26.5. The van der Waals surface area contributed by atoms with Crippen LogP contribution in [0.2, 0.25) is 0 Å². The first-order chi connectivity index (χ1) is 28.6. The van der Waals surface area contributed by atoms with Crippen LogP contribution in [0.4, 0.5) is 0 Å². The van der Waals surface area contributed by atoms with Gasteiger partial charge in [-0.25, -0.2) is 0 Å². The van der Waals surface area contributed by atoms with E-state index in [1.54, 1.807) is 40.2 Å². The van der Waals surface area contributed by atoms with Crippen LogP contribution in [0, 0.1) is 11.8 Å². The summed E-state index contributed by atoms with van der Waals surface area (Å²) in [7, 11) is 3.64. The molecule has 4 aromatic carbocycles. The van der Waals surface area contributed by atoms with Crippen molar-refractivity contribution in [2.45, 2.75) is 67.5 Å². The van der Waals surface area contributed by atoms with Crippen molar-refractivity contribution < 1.29 is 19.2 Å². The van der Waals surface area contributed by atoms with E-state index in [-0.39, 0.29) is 35.7 Å². The van der Waals surface area contributed by atoms with Crippen LogP contribution in [0.3, 0.4) is 0 Å². The van der Waals surface area contributed by atoms with Gasteiger partial charge in [0.05, 0.1) is 0 Å². The Morgan fingerprint density at radius 3 is 1.17 bits per heavy atom. The van der Waals surface area contributed by atoms with Gasteiger partial charge in [-0.05, 0) is 86.1 Å². The molecule has 0 saturated carbocycles.